The number of hydrogen-bond donors (Lipinski definition) is 1. The molecule has 0 bridgehead atoms. The zero-order valence-electron chi connectivity index (χ0n) is 12.9. The molecule has 0 aliphatic carbocycles. The summed E-state index contributed by atoms with van der Waals surface area (Å²) in [5.74, 6) is 1.84. The molecule has 22 heavy (non-hydrogen) atoms. The zero-order valence-corrected chi connectivity index (χ0v) is 12.9. The lowest BCUT2D eigenvalue weighted by atomic mass is 9.90. The highest BCUT2D eigenvalue weighted by atomic mass is 16.5. The molecule has 4 rings (SSSR count). The normalized spacial score (nSPS) is 21.5. The molecule has 0 radical (unpaired) electrons. The number of ketones is 1. The number of rotatable bonds is 2. The van der Waals surface area contributed by atoms with E-state index in [1.54, 1.807) is 14.2 Å². The summed E-state index contributed by atoms with van der Waals surface area (Å²) in [4.78, 5) is 17.8. The second-order valence-electron chi connectivity index (χ2n) is 6.06. The maximum Gasteiger partial charge on any atom is 0.162 e. The van der Waals surface area contributed by atoms with Crippen LogP contribution in [0.25, 0.3) is 10.9 Å². The standard InChI is InChI=1S/C17H20N2O3/c1-21-15-8-12-11-4-6-19-5-3-10(20)7-14(19)17(11)18-13(12)9-16(15)22-2/h8-9,14,18H,3-7H2,1-2H3. The number of aromatic amines is 1. The van der Waals surface area contributed by atoms with Crippen LogP contribution in [0.4, 0.5) is 0 Å². The van der Waals surface area contributed by atoms with Crippen LogP contribution in [0.3, 0.4) is 0 Å². The van der Waals surface area contributed by atoms with Crippen LogP contribution in [-0.4, -0.2) is 43.0 Å². The summed E-state index contributed by atoms with van der Waals surface area (Å²) in [7, 11) is 3.30. The Morgan fingerprint density at radius 1 is 1.14 bits per heavy atom. The highest BCUT2D eigenvalue weighted by Crippen LogP contribution is 2.41. The summed E-state index contributed by atoms with van der Waals surface area (Å²) >= 11 is 0. The molecular formula is C17H20N2O3. The van der Waals surface area contributed by atoms with Gasteiger partial charge in [-0.25, -0.2) is 0 Å². The number of aromatic nitrogens is 1. The third-order valence-electron chi connectivity index (χ3n) is 4.97. The van der Waals surface area contributed by atoms with E-state index in [9.17, 15) is 4.79 Å². The summed E-state index contributed by atoms with van der Waals surface area (Å²) in [6, 6.07) is 4.24. The van der Waals surface area contributed by atoms with E-state index in [-0.39, 0.29) is 6.04 Å². The van der Waals surface area contributed by atoms with E-state index in [0.717, 1.165) is 36.5 Å². The first kappa shape index (κ1) is 13.6. The Balaban J connectivity index is 1.87. The Labute approximate surface area is 129 Å². The lowest BCUT2D eigenvalue weighted by Gasteiger charge is -2.38. The highest BCUT2D eigenvalue weighted by Gasteiger charge is 2.35. The molecular weight excluding hydrogens is 280 g/mol. The summed E-state index contributed by atoms with van der Waals surface area (Å²) in [5.41, 5.74) is 3.58. The van der Waals surface area contributed by atoms with Crippen LogP contribution in [0.2, 0.25) is 0 Å². The number of benzene rings is 1. The van der Waals surface area contributed by atoms with Crippen molar-refractivity contribution >= 4 is 16.7 Å². The molecule has 5 heteroatoms. The van der Waals surface area contributed by atoms with Crippen molar-refractivity contribution in [1.29, 1.82) is 0 Å². The molecule has 5 nitrogen and oxygen atoms in total. The first-order valence-electron chi connectivity index (χ1n) is 7.73. The molecule has 1 unspecified atom stereocenters. The number of carbonyl (C=O) groups is 1. The summed E-state index contributed by atoms with van der Waals surface area (Å²) in [6.07, 6.45) is 2.32. The average molecular weight is 300 g/mol. The smallest absolute Gasteiger partial charge is 0.162 e. The van der Waals surface area contributed by atoms with Gasteiger partial charge >= 0.3 is 0 Å². The Bertz CT molecular complexity index is 750. The number of H-pyrrole nitrogens is 1. The summed E-state index contributed by atoms with van der Waals surface area (Å²) in [5, 5.41) is 1.19. The molecule has 1 saturated heterocycles. The van der Waals surface area contributed by atoms with Crippen molar-refractivity contribution in [2.45, 2.75) is 25.3 Å². The third kappa shape index (κ3) is 1.92. The Morgan fingerprint density at radius 3 is 2.64 bits per heavy atom. The highest BCUT2D eigenvalue weighted by molar-refractivity contribution is 5.89. The number of methoxy groups -OCH3 is 2. The molecule has 0 saturated carbocycles. The van der Waals surface area contributed by atoms with Crippen molar-refractivity contribution in [3.63, 3.8) is 0 Å². The molecule has 1 aromatic heterocycles. The molecule has 2 aliphatic heterocycles. The Hall–Kier alpha value is -2.01. The van der Waals surface area contributed by atoms with Gasteiger partial charge in [0.2, 0.25) is 0 Å². The van der Waals surface area contributed by atoms with E-state index in [1.165, 1.54) is 16.6 Å². The van der Waals surface area contributed by atoms with Gasteiger partial charge in [0.15, 0.2) is 11.5 Å². The van der Waals surface area contributed by atoms with E-state index < -0.39 is 0 Å². The number of carbonyl (C=O) groups excluding carboxylic acids is 1. The summed E-state index contributed by atoms with van der Waals surface area (Å²) < 4.78 is 10.8. The lowest BCUT2D eigenvalue weighted by Crippen LogP contribution is -2.41. The lowest BCUT2D eigenvalue weighted by molar-refractivity contribution is -0.123. The minimum Gasteiger partial charge on any atom is -0.493 e. The van der Waals surface area contributed by atoms with Crippen molar-refractivity contribution in [2.75, 3.05) is 27.3 Å². The number of fused-ring (bicyclic) bond motifs is 5. The first-order valence-corrected chi connectivity index (χ1v) is 7.73. The van der Waals surface area contributed by atoms with Crippen molar-refractivity contribution in [3.05, 3.63) is 23.4 Å². The molecule has 1 aromatic carbocycles. The number of piperidine rings is 1. The predicted molar refractivity (Wildman–Crippen MR) is 83.7 cm³/mol. The molecule has 2 aliphatic rings. The number of nitrogens with one attached hydrogen (secondary N) is 1. The SMILES string of the molecule is COc1cc2[nH]c3c(c2cc1OC)CCN1CCC(=O)CC31. The quantitative estimate of drug-likeness (QED) is 0.925. The number of nitrogens with zero attached hydrogens (tertiary/aromatic N) is 1. The Kier molecular flexibility index (Phi) is 3.11. The second-order valence-corrected chi connectivity index (χ2v) is 6.06. The van der Waals surface area contributed by atoms with Crippen LogP contribution < -0.4 is 9.47 Å². The molecule has 0 amide bonds. The fourth-order valence-electron chi connectivity index (χ4n) is 3.83. The number of hydrogen-bond acceptors (Lipinski definition) is 4. The molecule has 0 spiro atoms. The van der Waals surface area contributed by atoms with Crippen molar-refractivity contribution in [2.24, 2.45) is 0 Å². The van der Waals surface area contributed by atoms with Gasteiger partial charge in [-0.3, -0.25) is 9.69 Å². The van der Waals surface area contributed by atoms with Gasteiger partial charge in [0, 0.05) is 48.6 Å². The number of Topliss-reactive ketones (excluding diaryl/α,β-unsaturated/α-hetero) is 1. The fourth-order valence-corrected chi connectivity index (χ4v) is 3.83. The molecule has 1 fully saturated rings. The van der Waals surface area contributed by atoms with Crippen LogP contribution in [0.1, 0.15) is 30.1 Å². The van der Waals surface area contributed by atoms with Gasteiger partial charge in [-0.15, -0.1) is 0 Å². The number of ether oxygens (including phenoxy) is 2. The second kappa shape index (κ2) is 5.02. The molecule has 1 N–H and O–H groups in total. The van der Waals surface area contributed by atoms with Crippen molar-refractivity contribution < 1.29 is 14.3 Å². The summed E-state index contributed by atoms with van der Waals surface area (Å²) in [6.45, 7) is 1.90. The van der Waals surface area contributed by atoms with Crippen LogP contribution in [0.15, 0.2) is 12.1 Å². The molecule has 3 heterocycles. The molecule has 116 valence electrons. The van der Waals surface area contributed by atoms with Crippen LogP contribution in [0.5, 0.6) is 11.5 Å². The van der Waals surface area contributed by atoms with Crippen LogP contribution in [-0.2, 0) is 11.2 Å². The van der Waals surface area contributed by atoms with Gasteiger partial charge in [0.1, 0.15) is 5.78 Å². The van der Waals surface area contributed by atoms with Crippen molar-refractivity contribution in [3.8, 4) is 11.5 Å². The van der Waals surface area contributed by atoms with Gasteiger partial charge in [-0.05, 0) is 18.1 Å². The van der Waals surface area contributed by atoms with Gasteiger partial charge in [0.05, 0.1) is 20.3 Å². The Morgan fingerprint density at radius 2 is 1.86 bits per heavy atom. The van der Waals surface area contributed by atoms with Crippen LogP contribution in [0, 0.1) is 0 Å². The maximum atomic E-state index is 11.9. The van der Waals surface area contributed by atoms with E-state index in [4.69, 9.17) is 9.47 Å². The van der Waals surface area contributed by atoms with Gasteiger partial charge in [-0.2, -0.15) is 0 Å². The largest absolute Gasteiger partial charge is 0.493 e. The molecule has 1 atom stereocenters. The van der Waals surface area contributed by atoms with Gasteiger partial charge < -0.3 is 14.5 Å². The van der Waals surface area contributed by atoms with E-state index in [0.29, 0.717) is 18.6 Å². The maximum absolute atomic E-state index is 11.9. The minimum atomic E-state index is 0.203. The average Bonchev–Trinajstić information content (AvgIpc) is 2.91. The van der Waals surface area contributed by atoms with Gasteiger partial charge in [0.25, 0.3) is 0 Å². The molecule has 2 aromatic rings. The fraction of sp³-hybridized carbons (Fsp3) is 0.471. The topological polar surface area (TPSA) is 54.6 Å². The monoisotopic (exact) mass is 300 g/mol. The zero-order chi connectivity index (χ0) is 15.3. The van der Waals surface area contributed by atoms with E-state index in [1.807, 2.05) is 12.1 Å². The third-order valence-corrected chi connectivity index (χ3v) is 4.97. The van der Waals surface area contributed by atoms with Crippen molar-refractivity contribution in [1.82, 2.24) is 9.88 Å². The predicted octanol–water partition coefficient (Wildman–Crippen LogP) is 2.45. The minimum absolute atomic E-state index is 0.203. The first-order chi connectivity index (χ1) is 10.7. The van der Waals surface area contributed by atoms with E-state index >= 15 is 0 Å². The van der Waals surface area contributed by atoms with Gasteiger partial charge in [-0.1, -0.05) is 0 Å². The van der Waals surface area contributed by atoms with Crippen LogP contribution >= 0.6 is 0 Å². The van der Waals surface area contributed by atoms with E-state index in [2.05, 4.69) is 9.88 Å².